The van der Waals surface area contributed by atoms with Gasteiger partial charge in [0.15, 0.2) is 0 Å². The predicted octanol–water partition coefficient (Wildman–Crippen LogP) is 3.07. The van der Waals surface area contributed by atoms with Crippen LogP contribution in [0.4, 0.5) is 0 Å². The van der Waals surface area contributed by atoms with Crippen molar-refractivity contribution in [3.8, 4) is 5.75 Å². The zero-order valence-corrected chi connectivity index (χ0v) is 11.6. The Morgan fingerprint density at radius 3 is 2.95 bits per heavy atom. The highest BCUT2D eigenvalue weighted by atomic mass is 16.5. The van der Waals surface area contributed by atoms with Crippen LogP contribution >= 0.6 is 0 Å². The van der Waals surface area contributed by atoms with Crippen LogP contribution in [-0.4, -0.2) is 23.2 Å². The molecule has 0 spiro atoms. The van der Waals surface area contributed by atoms with E-state index in [0.29, 0.717) is 22.6 Å². The van der Waals surface area contributed by atoms with Crippen LogP contribution in [0, 0.1) is 5.92 Å². The Hall–Kier alpha value is -2.10. The van der Waals surface area contributed by atoms with E-state index in [0.717, 1.165) is 36.0 Å². The topological polar surface area (TPSA) is 59.4 Å². The molecule has 1 aliphatic rings. The number of carboxylic acids is 1. The molecule has 20 heavy (non-hydrogen) atoms. The van der Waals surface area contributed by atoms with E-state index in [1.54, 1.807) is 13.2 Å². The maximum absolute atomic E-state index is 11.7. The number of nitrogens with zero attached hydrogens (tertiary/aromatic N) is 1. The molecule has 0 bridgehead atoms. The molecule has 1 N–H and O–H groups in total. The highest BCUT2D eigenvalue weighted by molar-refractivity contribution is 6.04. The summed E-state index contributed by atoms with van der Waals surface area (Å²) in [5.74, 6) is 0.284. The van der Waals surface area contributed by atoms with Gasteiger partial charge in [-0.3, -0.25) is 4.98 Å². The number of methoxy groups -OCH3 is 1. The van der Waals surface area contributed by atoms with Crippen LogP contribution in [0.5, 0.6) is 5.75 Å². The second-order valence-corrected chi connectivity index (χ2v) is 5.45. The van der Waals surface area contributed by atoms with Crippen LogP contribution in [-0.2, 0) is 12.8 Å². The van der Waals surface area contributed by atoms with Crippen molar-refractivity contribution in [3.63, 3.8) is 0 Å². The van der Waals surface area contributed by atoms with E-state index in [1.165, 1.54) is 0 Å². The number of aromatic carboxylic acids is 1. The molecule has 1 unspecified atom stereocenters. The first-order valence-electron chi connectivity index (χ1n) is 6.83. The number of ether oxygens (including phenoxy) is 1. The van der Waals surface area contributed by atoms with Gasteiger partial charge in [-0.2, -0.15) is 0 Å². The summed E-state index contributed by atoms with van der Waals surface area (Å²) in [5, 5.41) is 10.3. The summed E-state index contributed by atoms with van der Waals surface area (Å²) in [5.41, 5.74) is 2.97. The van der Waals surface area contributed by atoms with Crippen LogP contribution in [0.3, 0.4) is 0 Å². The highest BCUT2D eigenvalue weighted by Gasteiger charge is 2.25. The molecule has 1 atom stereocenters. The summed E-state index contributed by atoms with van der Waals surface area (Å²) < 4.78 is 5.20. The minimum Gasteiger partial charge on any atom is -0.497 e. The third kappa shape index (κ3) is 2.01. The molecular weight excluding hydrogens is 254 g/mol. The molecular formula is C16H17NO3. The van der Waals surface area contributed by atoms with E-state index < -0.39 is 5.97 Å². The number of hydrogen-bond donors (Lipinski definition) is 1. The molecule has 0 amide bonds. The standard InChI is InChI=1S/C16H17NO3/c1-9-3-5-13-11(7-9)15(16(18)19)12-8-10(20-2)4-6-14(12)17-13/h4,6,8-9H,3,5,7H2,1-2H3,(H,18,19). The maximum Gasteiger partial charge on any atom is 0.336 e. The van der Waals surface area contributed by atoms with Crippen molar-refractivity contribution in [1.82, 2.24) is 4.98 Å². The Morgan fingerprint density at radius 1 is 1.45 bits per heavy atom. The van der Waals surface area contributed by atoms with Gasteiger partial charge in [0.1, 0.15) is 5.75 Å². The van der Waals surface area contributed by atoms with Crippen molar-refractivity contribution in [2.24, 2.45) is 5.92 Å². The lowest BCUT2D eigenvalue weighted by Gasteiger charge is -2.23. The Kier molecular flexibility index (Phi) is 3.08. The van der Waals surface area contributed by atoms with Crippen molar-refractivity contribution in [2.75, 3.05) is 7.11 Å². The fourth-order valence-corrected chi connectivity index (χ4v) is 2.96. The van der Waals surface area contributed by atoms with Gasteiger partial charge in [-0.15, -0.1) is 0 Å². The normalized spacial score (nSPS) is 17.8. The molecule has 1 heterocycles. The van der Waals surface area contributed by atoms with Crippen LogP contribution in [0.1, 0.15) is 35.0 Å². The summed E-state index contributed by atoms with van der Waals surface area (Å²) in [7, 11) is 1.58. The van der Waals surface area contributed by atoms with Gasteiger partial charge >= 0.3 is 5.97 Å². The van der Waals surface area contributed by atoms with Crippen molar-refractivity contribution >= 4 is 16.9 Å². The van der Waals surface area contributed by atoms with Crippen LogP contribution in [0.2, 0.25) is 0 Å². The van der Waals surface area contributed by atoms with Gasteiger partial charge in [0.05, 0.1) is 18.2 Å². The van der Waals surface area contributed by atoms with E-state index in [4.69, 9.17) is 4.74 Å². The van der Waals surface area contributed by atoms with Crippen LogP contribution < -0.4 is 4.74 Å². The van der Waals surface area contributed by atoms with Crippen molar-refractivity contribution < 1.29 is 14.6 Å². The number of fused-ring (bicyclic) bond motifs is 2. The Labute approximate surface area is 117 Å². The largest absolute Gasteiger partial charge is 0.497 e. The molecule has 0 saturated carbocycles. The highest BCUT2D eigenvalue weighted by Crippen LogP contribution is 2.32. The average Bonchev–Trinajstić information content (AvgIpc) is 2.43. The molecule has 0 fully saturated rings. The maximum atomic E-state index is 11.7. The van der Waals surface area contributed by atoms with E-state index in [9.17, 15) is 9.90 Å². The molecule has 0 aliphatic heterocycles. The minimum absolute atomic E-state index is 0.399. The van der Waals surface area contributed by atoms with Gasteiger partial charge in [-0.25, -0.2) is 4.79 Å². The van der Waals surface area contributed by atoms with Gasteiger partial charge in [-0.05, 0) is 48.9 Å². The van der Waals surface area contributed by atoms with Crippen LogP contribution in [0.15, 0.2) is 18.2 Å². The third-order valence-corrected chi connectivity index (χ3v) is 4.02. The van der Waals surface area contributed by atoms with Crippen molar-refractivity contribution in [2.45, 2.75) is 26.2 Å². The van der Waals surface area contributed by atoms with E-state index >= 15 is 0 Å². The molecule has 0 saturated heterocycles. The Bertz CT molecular complexity index is 694. The second-order valence-electron chi connectivity index (χ2n) is 5.45. The number of aryl methyl sites for hydroxylation is 1. The van der Waals surface area contributed by atoms with Gasteiger partial charge in [0, 0.05) is 11.1 Å². The summed E-state index contributed by atoms with van der Waals surface area (Å²) >= 11 is 0. The SMILES string of the molecule is COc1ccc2nc3c(c(C(=O)O)c2c1)CC(C)CC3. The Morgan fingerprint density at radius 2 is 2.25 bits per heavy atom. The average molecular weight is 271 g/mol. The molecule has 2 aromatic rings. The summed E-state index contributed by atoms with van der Waals surface area (Å²) in [6, 6.07) is 5.42. The lowest BCUT2D eigenvalue weighted by Crippen LogP contribution is -2.18. The van der Waals surface area contributed by atoms with Crippen LogP contribution in [0.25, 0.3) is 10.9 Å². The molecule has 4 nitrogen and oxygen atoms in total. The quantitative estimate of drug-likeness (QED) is 0.912. The van der Waals surface area contributed by atoms with Gasteiger partial charge < -0.3 is 9.84 Å². The molecule has 3 rings (SSSR count). The Balaban J connectivity index is 2.34. The van der Waals surface area contributed by atoms with Crippen molar-refractivity contribution in [1.29, 1.82) is 0 Å². The molecule has 104 valence electrons. The second kappa shape index (κ2) is 4.78. The van der Waals surface area contributed by atoms with E-state index in [1.807, 2.05) is 12.1 Å². The summed E-state index contributed by atoms with van der Waals surface area (Å²) in [6.45, 7) is 2.16. The summed E-state index contributed by atoms with van der Waals surface area (Å²) in [4.78, 5) is 16.4. The first-order chi connectivity index (χ1) is 9.60. The molecule has 4 heteroatoms. The number of aromatic nitrogens is 1. The fourth-order valence-electron chi connectivity index (χ4n) is 2.96. The first kappa shape index (κ1) is 12.9. The van der Waals surface area contributed by atoms with Gasteiger partial charge in [-0.1, -0.05) is 6.92 Å². The third-order valence-electron chi connectivity index (χ3n) is 4.02. The molecule has 0 radical (unpaired) electrons. The zero-order valence-electron chi connectivity index (χ0n) is 11.6. The summed E-state index contributed by atoms with van der Waals surface area (Å²) in [6.07, 6.45) is 2.72. The smallest absolute Gasteiger partial charge is 0.336 e. The van der Waals surface area contributed by atoms with Gasteiger partial charge in [0.2, 0.25) is 0 Å². The zero-order chi connectivity index (χ0) is 14.3. The lowest BCUT2D eigenvalue weighted by molar-refractivity contribution is 0.0697. The number of hydrogen-bond acceptors (Lipinski definition) is 3. The molecule has 1 aliphatic carbocycles. The molecule has 1 aromatic carbocycles. The monoisotopic (exact) mass is 271 g/mol. The number of rotatable bonds is 2. The van der Waals surface area contributed by atoms with E-state index in [-0.39, 0.29) is 0 Å². The number of pyridine rings is 1. The number of carboxylic acid groups (broad SMARTS) is 1. The van der Waals surface area contributed by atoms with Crippen molar-refractivity contribution in [3.05, 3.63) is 35.0 Å². The van der Waals surface area contributed by atoms with Gasteiger partial charge in [0.25, 0.3) is 0 Å². The number of benzene rings is 1. The molecule has 1 aromatic heterocycles. The lowest BCUT2D eigenvalue weighted by atomic mass is 9.84. The fraction of sp³-hybridized carbons (Fsp3) is 0.375. The number of carbonyl (C=O) groups is 1. The van der Waals surface area contributed by atoms with E-state index in [2.05, 4.69) is 11.9 Å². The minimum atomic E-state index is -0.879. The first-order valence-corrected chi connectivity index (χ1v) is 6.83. The predicted molar refractivity (Wildman–Crippen MR) is 76.4 cm³/mol.